The average molecular weight is 311 g/mol. The number of nitrogens with zero attached hydrogens (tertiary/aromatic N) is 3. The Morgan fingerprint density at radius 2 is 1.67 bits per heavy atom. The average Bonchev–Trinajstić information content (AvgIpc) is 2.66. The van der Waals surface area contributed by atoms with E-state index in [1.807, 2.05) is 0 Å². The van der Waals surface area contributed by atoms with E-state index in [0.717, 1.165) is 19.6 Å². The largest absolute Gasteiger partial charge is 0.296 e. The van der Waals surface area contributed by atoms with E-state index in [1.165, 1.54) is 12.8 Å². The van der Waals surface area contributed by atoms with Gasteiger partial charge in [-0.1, -0.05) is 23.2 Å². The summed E-state index contributed by atoms with van der Waals surface area (Å²) in [5.74, 6) is 0.690. The van der Waals surface area contributed by atoms with E-state index in [2.05, 4.69) is 30.8 Å². The van der Waals surface area contributed by atoms with Gasteiger partial charge in [-0.2, -0.15) is 0 Å². The second-order valence-electron chi connectivity index (χ2n) is 3.52. The quantitative estimate of drug-likeness (QED) is 0.786. The van der Waals surface area contributed by atoms with Gasteiger partial charge in [0.25, 0.3) is 0 Å². The van der Waals surface area contributed by atoms with Crippen LogP contribution in [-0.2, 0) is 6.54 Å². The lowest BCUT2D eigenvalue weighted by Gasteiger charge is -2.13. The molecule has 0 aromatic carbocycles. The second kappa shape index (κ2) is 4.95. The van der Waals surface area contributed by atoms with Crippen molar-refractivity contribution in [1.82, 2.24) is 14.9 Å². The van der Waals surface area contributed by atoms with E-state index in [-0.39, 0.29) is 0 Å². The van der Waals surface area contributed by atoms with Gasteiger partial charge in [-0.25, -0.2) is 9.97 Å². The fourth-order valence-corrected chi connectivity index (χ4v) is 2.25. The lowest BCUT2D eigenvalue weighted by atomic mass is 10.4. The molecule has 0 N–H and O–H groups in total. The van der Waals surface area contributed by atoms with E-state index in [9.17, 15) is 0 Å². The van der Waals surface area contributed by atoms with Crippen LogP contribution in [0.4, 0.5) is 0 Å². The lowest BCUT2D eigenvalue weighted by molar-refractivity contribution is 0.322. The van der Waals surface area contributed by atoms with E-state index in [0.29, 0.717) is 20.6 Å². The highest BCUT2D eigenvalue weighted by atomic mass is 79.9. The van der Waals surface area contributed by atoms with Gasteiger partial charge in [0.1, 0.15) is 16.1 Å². The number of hydrogen-bond donors (Lipinski definition) is 0. The first kappa shape index (κ1) is 11.6. The summed E-state index contributed by atoms with van der Waals surface area (Å²) in [4.78, 5) is 10.7. The third kappa shape index (κ3) is 2.81. The summed E-state index contributed by atoms with van der Waals surface area (Å²) in [7, 11) is 0. The molecule has 15 heavy (non-hydrogen) atoms. The zero-order chi connectivity index (χ0) is 10.8. The number of rotatable bonds is 2. The third-order valence-electron chi connectivity index (χ3n) is 2.38. The molecule has 1 saturated heterocycles. The predicted octanol–water partition coefficient (Wildman–Crippen LogP) is 3.14. The van der Waals surface area contributed by atoms with Crippen molar-refractivity contribution in [2.24, 2.45) is 0 Å². The normalized spacial score (nSPS) is 17.3. The Morgan fingerprint density at radius 3 is 2.20 bits per heavy atom. The Bertz CT molecular complexity index is 343. The molecule has 0 unspecified atom stereocenters. The molecule has 0 atom stereocenters. The fraction of sp³-hybridized carbons (Fsp3) is 0.556. The molecular formula is C9H10BrCl2N3. The van der Waals surface area contributed by atoms with Crippen molar-refractivity contribution in [3.63, 3.8) is 0 Å². The van der Waals surface area contributed by atoms with E-state index >= 15 is 0 Å². The van der Waals surface area contributed by atoms with Crippen molar-refractivity contribution in [2.75, 3.05) is 13.1 Å². The van der Waals surface area contributed by atoms with Gasteiger partial charge < -0.3 is 0 Å². The zero-order valence-electron chi connectivity index (χ0n) is 8.01. The van der Waals surface area contributed by atoms with Crippen LogP contribution >= 0.6 is 39.1 Å². The molecule has 1 aromatic rings. The summed E-state index contributed by atoms with van der Waals surface area (Å²) in [5, 5.41) is 0.758. The van der Waals surface area contributed by atoms with Gasteiger partial charge in [-0.3, -0.25) is 4.90 Å². The van der Waals surface area contributed by atoms with E-state index in [1.54, 1.807) is 0 Å². The number of aromatic nitrogens is 2. The second-order valence-corrected chi connectivity index (χ2v) is 5.03. The van der Waals surface area contributed by atoms with Crippen LogP contribution in [-0.4, -0.2) is 28.0 Å². The Hall–Kier alpha value is 0.1000. The monoisotopic (exact) mass is 309 g/mol. The summed E-state index contributed by atoms with van der Waals surface area (Å²) in [5.41, 5.74) is 0. The molecule has 2 rings (SSSR count). The van der Waals surface area contributed by atoms with Gasteiger partial charge in [0.2, 0.25) is 0 Å². The van der Waals surface area contributed by atoms with Gasteiger partial charge >= 0.3 is 0 Å². The number of halogens is 3. The highest BCUT2D eigenvalue weighted by molar-refractivity contribution is 9.10. The molecule has 6 heteroatoms. The van der Waals surface area contributed by atoms with Crippen molar-refractivity contribution in [3.8, 4) is 0 Å². The first-order valence-corrected chi connectivity index (χ1v) is 6.31. The smallest absolute Gasteiger partial charge is 0.148 e. The molecule has 0 saturated carbocycles. The molecule has 0 spiro atoms. The molecule has 82 valence electrons. The van der Waals surface area contributed by atoms with Crippen LogP contribution in [0.25, 0.3) is 0 Å². The van der Waals surface area contributed by atoms with E-state index < -0.39 is 0 Å². The van der Waals surface area contributed by atoms with Gasteiger partial charge in [0.15, 0.2) is 0 Å². The molecule has 1 aliphatic heterocycles. The van der Waals surface area contributed by atoms with Gasteiger partial charge in [-0.15, -0.1) is 0 Å². The Kier molecular flexibility index (Phi) is 3.83. The van der Waals surface area contributed by atoms with Crippen molar-refractivity contribution in [1.29, 1.82) is 0 Å². The Morgan fingerprint density at radius 1 is 1.13 bits per heavy atom. The van der Waals surface area contributed by atoms with Crippen LogP contribution in [0, 0.1) is 0 Å². The molecule has 0 amide bonds. The Labute approximate surface area is 107 Å². The highest BCUT2D eigenvalue weighted by Gasteiger charge is 2.15. The van der Waals surface area contributed by atoms with Crippen molar-refractivity contribution >= 4 is 39.1 Å². The van der Waals surface area contributed by atoms with Crippen molar-refractivity contribution in [2.45, 2.75) is 19.4 Å². The summed E-state index contributed by atoms with van der Waals surface area (Å²) in [6, 6.07) is 0. The van der Waals surface area contributed by atoms with Gasteiger partial charge in [0.05, 0.1) is 11.0 Å². The minimum Gasteiger partial charge on any atom is -0.296 e. The lowest BCUT2D eigenvalue weighted by Crippen LogP contribution is -2.20. The maximum absolute atomic E-state index is 5.90. The summed E-state index contributed by atoms with van der Waals surface area (Å²) in [6.07, 6.45) is 2.50. The minimum atomic E-state index is 0.379. The van der Waals surface area contributed by atoms with Crippen LogP contribution in [0.5, 0.6) is 0 Å². The standard InChI is InChI=1S/C9H10BrCl2N3/c10-7-8(11)13-6(14-9(7)12)5-15-3-1-2-4-15/h1-5H2. The highest BCUT2D eigenvalue weighted by Crippen LogP contribution is 2.27. The minimum absolute atomic E-state index is 0.379. The first-order chi connectivity index (χ1) is 7.16. The molecule has 2 heterocycles. The molecule has 0 bridgehead atoms. The van der Waals surface area contributed by atoms with Crippen LogP contribution < -0.4 is 0 Å². The van der Waals surface area contributed by atoms with Crippen molar-refractivity contribution in [3.05, 3.63) is 20.6 Å². The molecule has 0 aliphatic carbocycles. The van der Waals surface area contributed by atoms with E-state index in [4.69, 9.17) is 23.2 Å². The van der Waals surface area contributed by atoms with Crippen LogP contribution in [0.15, 0.2) is 4.47 Å². The topological polar surface area (TPSA) is 29.0 Å². The molecule has 3 nitrogen and oxygen atoms in total. The van der Waals surface area contributed by atoms with Crippen LogP contribution in [0.1, 0.15) is 18.7 Å². The molecule has 1 aliphatic rings. The van der Waals surface area contributed by atoms with Gasteiger partial charge in [-0.05, 0) is 41.9 Å². The molecule has 0 radical (unpaired) electrons. The fourth-order valence-electron chi connectivity index (χ4n) is 1.65. The number of hydrogen-bond acceptors (Lipinski definition) is 3. The maximum atomic E-state index is 5.90. The van der Waals surface area contributed by atoms with Crippen molar-refractivity contribution < 1.29 is 0 Å². The zero-order valence-corrected chi connectivity index (χ0v) is 11.1. The van der Waals surface area contributed by atoms with Gasteiger partial charge in [0, 0.05) is 0 Å². The first-order valence-electron chi connectivity index (χ1n) is 4.76. The molecule has 1 aromatic heterocycles. The molecular weight excluding hydrogens is 301 g/mol. The van der Waals surface area contributed by atoms with Crippen LogP contribution in [0.2, 0.25) is 10.3 Å². The summed E-state index contributed by atoms with van der Waals surface area (Å²) >= 11 is 15.0. The SMILES string of the molecule is Clc1nc(CN2CCCC2)nc(Cl)c1Br. The van der Waals surface area contributed by atoms with Crippen LogP contribution in [0.3, 0.4) is 0 Å². The Balaban J connectivity index is 2.14. The maximum Gasteiger partial charge on any atom is 0.148 e. The predicted molar refractivity (Wildman–Crippen MR) is 64.3 cm³/mol. The number of likely N-dealkylation sites (tertiary alicyclic amines) is 1. The summed E-state index contributed by atoms with van der Waals surface area (Å²) in [6.45, 7) is 2.94. The third-order valence-corrected chi connectivity index (χ3v) is 4.14. The molecule has 1 fully saturated rings. The summed E-state index contributed by atoms with van der Waals surface area (Å²) < 4.78 is 0.566.